The molecule has 310 valence electrons. The van der Waals surface area contributed by atoms with Crippen LogP contribution in [0.25, 0.3) is 15.8 Å². The van der Waals surface area contributed by atoms with Gasteiger partial charge in [-0.1, -0.05) is 37.3 Å². The van der Waals surface area contributed by atoms with Gasteiger partial charge in [0, 0.05) is 48.6 Å². The molecule has 0 spiro atoms. The molecule has 4 heterocycles. The van der Waals surface area contributed by atoms with Gasteiger partial charge in [-0.25, -0.2) is 9.98 Å². The van der Waals surface area contributed by atoms with Gasteiger partial charge >= 0.3 is 0 Å². The van der Waals surface area contributed by atoms with Gasteiger partial charge < -0.3 is 41.3 Å². The number of likely N-dealkylation sites (tertiary alicyclic amines) is 1. The number of rotatable bonds is 14. The second kappa shape index (κ2) is 15.6. The number of nitrogens with two attached hydrogens (primary N) is 1. The molecule has 2 aliphatic heterocycles. The highest BCUT2D eigenvalue weighted by Gasteiger charge is 2.66. The van der Waals surface area contributed by atoms with Crippen molar-refractivity contribution in [3.05, 3.63) is 82.5 Å². The zero-order valence-electron chi connectivity index (χ0n) is 34.3. The first-order valence-electron chi connectivity index (χ1n) is 20.8. The van der Waals surface area contributed by atoms with E-state index in [4.69, 9.17) is 20.7 Å². The van der Waals surface area contributed by atoms with Crippen molar-refractivity contribution in [3.63, 3.8) is 0 Å². The predicted molar refractivity (Wildman–Crippen MR) is 230 cm³/mol. The predicted octanol–water partition coefficient (Wildman–Crippen LogP) is 7.49. The Kier molecular flexibility index (Phi) is 10.8. The Morgan fingerprint density at radius 3 is 2.59 bits per heavy atom. The lowest BCUT2D eigenvalue weighted by atomic mass is 9.39. The minimum Gasteiger partial charge on any atom is -0.480 e. The van der Waals surface area contributed by atoms with Crippen molar-refractivity contribution >= 4 is 43.9 Å². The summed E-state index contributed by atoms with van der Waals surface area (Å²) < 4.78 is 10.0. The number of aromatic nitrogens is 3. The van der Waals surface area contributed by atoms with Crippen LogP contribution in [0.4, 0.5) is 5.13 Å². The van der Waals surface area contributed by atoms with Crippen LogP contribution >= 0.6 is 11.3 Å². The van der Waals surface area contributed by atoms with Crippen LogP contribution in [0, 0.1) is 28.6 Å². The van der Waals surface area contributed by atoms with Crippen molar-refractivity contribution in [1.82, 2.24) is 30.3 Å². The number of aliphatic hydroxyl groups is 3. The molecule has 14 heteroatoms. The van der Waals surface area contributed by atoms with Gasteiger partial charge in [-0.05, 0) is 131 Å². The Morgan fingerprint density at radius 2 is 1.84 bits per heavy atom. The molecule has 0 radical (unpaired) electrons. The number of hydrogen-bond acceptors (Lipinski definition) is 11. The second-order valence-corrected chi connectivity index (χ2v) is 19.3. The van der Waals surface area contributed by atoms with E-state index in [9.17, 15) is 15.6 Å². The molecule has 6 aliphatic rings. The third-order valence-corrected chi connectivity index (χ3v) is 14.1. The van der Waals surface area contributed by atoms with Gasteiger partial charge in [0.2, 0.25) is 5.13 Å². The fraction of sp³-hybridized carbons (Fsp3) is 0.545. The molecule has 4 bridgehead atoms. The van der Waals surface area contributed by atoms with Gasteiger partial charge in [-0.2, -0.15) is 5.10 Å². The number of fused-ring (bicyclic) bond motifs is 1. The summed E-state index contributed by atoms with van der Waals surface area (Å²) in [5, 5.41) is 51.9. The summed E-state index contributed by atoms with van der Waals surface area (Å²) in [7, 11) is 0. The maximum absolute atomic E-state index is 10.7. The monoisotopic (exact) mass is 809 g/mol. The summed E-state index contributed by atoms with van der Waals surface area (Å²) in [6.07, 6.45) is 15.6. The maximum atomic E-state index is 10.7. The van der Waals surface area contributed by atoms with Crippen LogP contribution in [0.2, 0.25) is 0 Å². The summed E-state index contributed by atoms with van der Waals surface area (Å²) in [5.74, 6) is 0.363. The van der Waals surface area contributed by atoms with E-state index in [1.54, 1.807) is 0 Å². The van der Waals surface area contributed by atoms with E-state index >= 15 is 0 Å². The smallest absolute Gasteiger partial charge is 0.299 e. The van der Waals surface area contributed by atoms with Gasteiger partial charge in [0.25, 0.3) is 5.95 Å². The third-order valence-electron chi connectivity index (χ3n) is 13.1. The van der Waals surface area contributed by atoms with Crippen molar-refractivity contribution in [3.8, 4) is 0 Å². The van der Waals surface area contributed by atoms with Crippen LogP contribution in [-0.4, -0.2) is 85.1 Å². The molecule has 4 aliphatic carbocycles. The Balaban J connectivity index is 1.00. The number of unbranched alkanes of at least 4 members (excludes halogenated alkanes) is 1. The molecule has 13 nitrogen and oxygen atoms in total. The molecule has 8 N–H and O–H groups in total. The minimum absolute atomic E-state index is 0.0470. The number of nitrogens with one attached hydrogen (secondary N) is 3. The molecule has 2 aromatic heterocycles. The van der Waals surface area contributed by atoms with Crippen molar-refractivity contribution in [2.24, 2.45) is 27.0 Å². The molecule has 4 saturated carbocycles. The Bertz CT molecular complexity index is 2190. The quantitative estimate of drug-likeness (QED) is 0.0372. The number of benzene rings is 1. The Hall–Kier alpha value is -4.50. The molecular formula is C44H59N9O4S. The molecule has 58 heavy (non-hydrogen) atoms. The number of aliphatic imine (C=N–C) groups is 1. The van der Waals surface area contributed by atoms with E-state index in [-0.39, 0.29) is 40.0 Å². The first-order chi connectivity index (χ1) is 27.7. The largest absolute Gasteiger partial charge is 0.480 e. The molecule has 5 fully saturated rings. The zero-order chi connectivity index (χ0) is 40.9. The van der Waals surface area contributed by atoms with Gasteiger partial charge in [0.15, 0.2) is 0 Å². The summed E-state index contributed by atoms with van der Waals surface area (Å²) in [6, 6.07) is 7.88. The maximum Gasteiger partial charge on any atom is 0.299 e. The summed E-state index contributed by atoms with van der Waals surface area (Å²) in [6.45, 7) is 12.9. The number of dihydropyridines is 1. The van der Waals surface area contributed by atoms with Gasteiger partial charge in [-0.3, -0.25) is 10.1 Å². The lowest BCUT2D eigenvalue weighted by Gasteiger charge is -2.69. The highest BCUT2D eigenvalue weighted by molar-refractivity contribution is 7.22. The SMILES string of the molecule is CC(=C1\CCCN(C2=CC=C(c3cnn(CC45CC6(OCCNCCCCO)C[C@](C)(C4)C[C@](C)(C5)C6)c3C)C(=C(O)O)N2)C1=N)/C(N)=N\c1nc2ccccc2s1. The third kappa shape index (κ3) is 7.83. The van der Waals surface area contributed by atoms with Gasteiger partial charge in [0.05, 0.1) is 28.6 Å². The van der Waals surface area contributed by atoms with Gasteiger partial charge in [-0.15, -0.1) is 0 Å². The zero-order valence-corrected chi connectivity index (χ0v) is 35.1. The van der Waals surface area contributed by atoms with Crippen molar-refractivity contribution in [2.45, 2.75) is 104 Å². The highest BCUT2D eigenvalue weighted by Crippen LogP contribution is 2.72. The normalized spacial score (nSPS) is 29.2. The molecule has 4 atom stereocenters. The molecule has 3 aromatic rings. The number of amidine groups is 2. The second-order valence-electron chi connectivity index (χ2n) is 18.3. The fourth-order valence-electron chi connectivity index (χ4n) is 11.9. The Labute approximate surface area is 345 Å². The standard InChI is InChI=1S/C44H59N9O4S/c1-28(37(45)51-40-49-33-11-5-6-12-34(33)58-40)30-10-9-17-52(38(30)46)35-14-13-31(36(50-35)39(55)56)32-20-48-53(29(32)2)27-43-22-41(3)21-42(4,23-43)25-44(24-41,26-43)57-19-16-47-15-7-8-18-54/h5-6,11-14,20,46-47,50,54-56H,7-10,15-19,21-27H2,1-4H3,(H2,45,49,51)/b30-28-,46-38?/t41-,42+,43?,44?. The number of aliphatic hydroxyl groups excluding tert-OH is 2. The van der Waals surface area contributed by atoms with Crippen LogP contribution in [0.3, 0.4) is 0 Å². The average molecular weight is 810 g/mol. The number of para-hydroxylation sites is 1. The van der Waals surface area contributed by atoms with E-state index in [1.807, 2.05) is 54.4 Å². The number of allylic oxidation sites excluding steroid dienone is 3. The molecule has 1 aromatic carbocycles. The van der Waals surface area contributed by atoms with Crippen LogP contribution in [0.15, 0.2) is 76.2 Å². The fourth-order valence-corrected chi connectivity index (χ4v) is 12.7. The van der Waals surface area contributed by atoms with E-state index < -0.39 is 5.95 Å². The summed E-state index contributed by atoms with van der Waals surface area (Å²) in [4.78, 5) is 11.1. The number of thiazole rings is 1. The molecule has 2 unspecified atom stereocenters. The molecule has 1 saturated heterocycles. The lowest BCUT2D eigenvalue weighted by molar-refractivity contribution is -0.247. The number of ether oxygens (including phenoxy) is 1. The van der Waals surface area contributed by atoms with E-state index in [2.05, 4.69) is 46.1 Å². The first kappa shape index (κ1) is 40.3. The lowest BCUT2D eigenvalue weighted by Crippen LogP contribution is -2.64. The summed E-state index contributed by atoms with van der Waals surface area (Å²) in [5.41, 5.74) is 11.8. The van der Waals surface area contributed by atoms with E-state index in [1.165, 1.54) is 17.8 Å². The average Bonchev–Trinajstić information content (AvgIpc) is 3.74. The topological polar surface area (TPSA) is 190 Å². The van der Waals surface area contributed by atoms with Gasteiger partial charge in [0.1, 0.15) is 23.2 Å². The van der Waals surface area contributed by atoms with E-state index in [0.29, 0.717) is 41.9 Å². The minimum atomic E-state index is -0.824. The summed E-state index contributed by atoms with van der Waals surface area (Å²) >= 11 is 1.47. The van der Waals surface area contributed by atoms with Crippen LogP contribution in [0.1, 0.15) is 96.2 Å². The van der Waals surface area contributed by atoms with Crippen LogP contribution in [0.5, 0.6) is 0 Å². The van der Waals surface area contributed by atoms with E-state index in [0.717, 1.165) is 104 Å². The number of hydrogen-bond donors (Lipinski definition) is 7. The van der Waals surface area contributed by atoms with Crippen molar-refractivity contribution < 1.29 is 20.1 Å². The molecule has 9 rings (SSSR count). The number of piperidine rings is 1. The van der Waals surface area contributed by atoms with Crippen molar-refractivity contribution in [2.75, 3.05) is 32.8 Å². The van der Waals surface area contributed by atoms with Crippen molar-refractivity contribution in [1.29, 1.82) is 5.41 Å². The molecular weight excluding hydrogens is 751 g/mol. The van der Waals surface area contributed by atoms with Crippen LogP contribution in [-0.2, 0) is 11.3 Å². The highest BCUT2D eigenvalue weighted by atomic mass is 32.1. The first-order valence-corrected chi connectivity index (χ1v) is 21.6. The van der Waals surface area contributed by atoms with Crippen LogP contribution < -0.4 is 16.4 Å². The molecule has 0 amide bonds. The number of nitrogens with zero attached hydrogens (tertiary/aromatic N) is 5. The Morgan fingerprint density at radius 1 is 1.07 bits per heavy atom.